The zero-order chi connectivity index (χ0) is 17.0. The predicted octanol–water partition coefficient (Wildman–Crippen LogP) is 3.40. The Hall–Kier alpha value is -1.69. The topological polar surface area (TPSA) is 46.6 Å². The minimum absolute atomic E-state index is 0.214. The number of ether oxygens (including phenoxy) is 1. The average molecular weight is 345 g/mol. The molecule has 1 atom stereocenters. The van der Waals surface area contributed by atoms with Crippen molar-refractivity contribution in [3.8, 4) is 0 Å². The zero-order valence-corrected chi connectivity index (χ0v) is 14.7. The average Bonchev–Trinajstić information content (AvgIpc) is 2.63. The van der Waals surface area contributed by atoms with E-state index < -0.39 is 10.0 Å². The Balaban J connectivity index is 1.78. The van der Waals surface area contributed by atoms with Crippen LogP contribution in [0.4, 0.5) is 0 Å². The van der Waals surface area contributed by atoms with E-state index in [-0.39, 0.29) is 6.10 Å². The van der Waals surface area contributed by atoms with Crippen LogP contribution in [0.25, 0.3) is 0 Å². The lowest BCUT2D eigenvalue weighted by Gasteiger charge is -2.32. The van der Waals surface area contributed by atoms with Gasteiger partial charge in [0.15, 0.2) is 0 Å². The maximum absolute atomic E-state index is 12.9. The first kappa shape index (κ1) is 17.1. The van der Waals surface area contributed by atoms with Gasteiger partial charge < -0.3 is 4.74 Å². The van der Waals surface area contributed by atoms with Gasteiger partial charge in [-0.05, 0) is 29.7 Å². The van der Waals surface area contributed by atoms with Crippen molar-refractivity contribution in [1.82, 2.24) is 4.31 Å². The van der Waals surface area contributed by atoms with Gasteiger partial charge in [-0.1, -0.05) is 55.8 Å². The number of hydrogen-bond donors (Lipinski definition) is 0. The van der Waals surface area contributed by atoms with Crippen molar-refractivity contribution in [3.63, 3.8) is 0 Å². The zero-order valence-electron chi connectivity index (χ0n) is 13.9. The highest BCUT2D eigenvalue weighted by Crippen LogP contribution is 2.26. The van der Waals surface area contributed by atoms with Gasteiger partial charge in [0.05, 0.1) is 17.6 Å². The second-order valence-corrected chi connectivity index (χ2v) is 7.97. The maximum Gasteiger partial charge on any atom is 0.243 e. The van der Waals surface area contributed by atoms with Gasteiger partial charge in [-0.3, -0.25) is 0 Å². The standard InChI is InChI=1S/C19H23NO3S/c1-2-6-16-9-11-18(12-10-16)24(21,22)20-13-14-23-19(15-20)17-7-4-3-5-8-17/h3-5,7-12,19H,2,6,13-15H2,1H3/t19-/m0/s1. The molecular formula is C19H23NO3S. The Labute approximate surface area is 144 Å². The van der Waals surface area contributed by atoms with Gasteiger partial charge in [0.25, 0.3) is 0 Å². The molecule has 0 spiro atoms. The highest BCUT2D eigenvalue weighted by molar-refractivity contribution is 7.89. The second kappa shape index (κ2) is 7.47. The van der Waals surface area contributed by atoms with Crippen molar-refractivity contribution in [2.45, 2.75) is 30.8 Å². The Bertz CT molecular complexity index is 757. The van der Waals surface area contributed by atoms with Crippen molar-refractivity contribution in [2.75, 3.05) is 19.7 Å². The van der Waals surface area contributed by atoms with Gasteiger partial charge in [-0.15, -0.1) is 0 Å². The molecule has 5 heteroatoms. The molecule has 0 radical (unpaired) electrons. The van der Waals surface area contributed by atoms with Crippen LogP contribution < -0.4 is 0 Å². The molecule has 0 bridgehead atoms. The molecule has 1 heterocycles. The molecule has 1 aliphatic rings. The molecule has 2 aromatic carbocycles. The minimum atomic E-state index is -3.48. The van der Waals surface area contributed by atoms with Crippen molar-refractivity contribution >= 4 is 10.0 Å². The number of sulfonamides is 1. The third-order valence-corrected chi connectivity index (χ3v) is 6.18. The molecule has 0 N–H and O–H groups in total. The number of benzene rings is 2. The van der Waals surface area contributed by atoms with E-state index in [1.807, 2.05) is 42.5 Å². The van der Waals surface area contributed by atoms with Crippen LogP contribution in [-0.2, 0) is 21.2 Å². The van der Waals surface area contributed by atoms with Crippen LogP contribution in [0.3, 0.4) is 0 Å². The van der Waals surface area contributed by atoms with Crippen molar-refractivity contribution in [1.29, 1.82) is 0 Å². The predicted molar refractivity (Wildman–Crippen MR) is 94.3 cm³/mol. The van der Waals surface area contributed by atoms with Crippen LogP contribution in [0.15, 0.2) is 59.5 Å². The molecule has 1 aliphatic heterocycles. The van der Waals surface area contributed by atoms with E-state index in [2.05, 4.69) is 6.92 Å². The van der Waals surface area contributed by atoms with Gasteiger partial charge in [-0.2, -0.15) is 4.31 Å². The molecule has 2 aromatic rings. The molecule has 128 valence electrons. The summed E-state index contributed by atoms with van der Waals surface area (Å²) < 4.78 is 33.1. The number of rotatable bonds is 5. The first-order chi connectivity index (χ1) is 11.6. The van der Waals surface area contributed by atoms with Gasteiger partial charge in [0.1, 0.15) is 0 Å². The van der Waals surface area contributed by atoms with Crippen molar-refractivity contribution in [2.24, 2.45) is 0 Å². The second-order valence-electron chi connectivity index (χ2n) is 6.03. The fourth-order valence-corrected chi connectivity index (χ4v) is 4.40. The molecule has 0 amide bonds. The normalized spacial score (nSPS) is 19.3. The Morgan fingerprint density at radius 1 is 1.08 bits per heavy atom. The Morgan fingerprint density at radius 2 is 1.79 bits per heavy atom. The molecule has 1 saturated heterocycles. The van der Waals surface area contributed by atoms with Crippen LogP contribution in [0.5, 0.6) is 0 Å². The summed E-state index contributed by atoms with van der Waals surface area (Å²) in [6, 6.07) is 17.0. The molecule has 24 heavy (non-hydrogen) atoms. The fraction of sp³-hybridized carbons (Fsp3) is 0.368. The SMILES string of the molecule is CCCc1ccc(S(=O)(=O)N2CCO[C@H](c3ccccc3)C2)cc1. The van der Waals surface area contributed by atoms with Crippen LogP contribution >= 0.6 is 0 Å². The smallest absolute Gasteiger partial charge is 0.243 e. The molecule has 1 fully saturated rings. The van der Waals surface area contributed by atoms with Gasteiger partial charge in [0, 0.05) is 13.1 Å². The van der Waals surface area contributed by atoms with E-state index in [1.54, 1.807) is 12.1 Å². The number of aryl methyl sites for hydroxylation is 1. The van der Waals surface area contributed by atoms with E-state index in [0.29, 0.717) is 24.6 Å². The molecular weight excluding hydrogens is 322 g/mol. The molecule has 3 rings (SSSR count). The minimum Gasteiger partial charge on any atom is -0.371 e. The van der Waals surface area contributed by atoms with E-state index in [1.165, 1.54) is 9.87 Å². The van der Waals surface area contributed by atoms with Gasteiger partial charge in [0.2, 0.25) is 10.0 Å². The summed E-state index contributed by atoms with van der Waals surface area (Å²) in [5, 5.41) is 0. The molecule has 0 saturated carbocycles. The lowest BCUT2D eigenvalue weighted by molar-refractivity contribution is -0.00255. The van der Waals surface area contributed by atoms with Crippen LogP contribution in [0.1, 0.15) is 30.6 Å². The largest absolute Gasteiger partial charge is 0.371 e. The summed E-state index contributed by atoms with van der Waals surface area (Å²) in [4.78, 5) is 0.357. The summed E-state index contributed by atoms with van der Waals surface area (Å²) in [5.74, 6) is 0. The van der Waals surface area contributed by atoms with E-state index in [4.69, 9.17) is 4.74 Å². The molecule has 4 nitrogen and oxygen atoms in total. The van der Waals surface area contributed by atoms with E-state index >= 15 is 0 Å². The van der Waals surface area contributed by atoms with E-state index in [0.717, 1.165) is 18.4 Å². The van der Waals surface area contributed by atoms with Crippen LogP contribution in [-0.4, -0.2) is 32.4 Å². The Morgan fingerprint density at radius 3 is 2.46 bits per heavy atom. The molecule has 0 unspecified atom stereocenters. The molecule has 0 aromatic heterocycles. The lowest BCUT2D eigenvalue weighted by Crippen LogP contribution is -2.42. The van der Waals surface area contributed by atoms with Crippen molar-refractivity contribution < 1.29 is 13.2 Å². The monoisotopic (exact) mass is 345 g/mol. The van der Waals surface area contributed by atoms with Gasteiger partial charge >= 0.3 is 0 Å². The maximum atomic E-state index is 12.9. The van der Waals surface area contributed by atoms with Crippen LogP contribution in [0.2, 0.25) is 0 Å². The number of morpholine rings is 1. The highest BCUT2D eigenvalue weighted by atomic mass is 32.2. The number of nitrogens with zero attached hydrogens (tertiary/aromatic N) is 1. The Kier molecular flexibility index (Phi) is 5.33. The van der Waals surface area contributed by atoms with Gasteiger partial charge in [-0.25, -0.2) is 8.42 Å². The third kappa shape index (κ3) is 3.69. The summed E-state index contributed by atoms with van der Waals surface area (Å²) in [5.41, 5.74) is 2.18. The van der Waals surface area contributed by atoms with E-state index in [9.17, 15) is 8.42 Å². The summed E-state index contributed by atoms with van der Waals surface area (Å²) in [6.07, 6.45) is 1.80. The summed E-state index contributed by atoms with van der Waals surface area (Å²) in [6.45, 7) is 3.26. The third-order valence-electron chi connectivity index (χ3n) is 4.30. The number of hydrogen-bond acceptors (Lipinski definition) is 3. The summed E-state index contributed by atoms with van der Waals surface area (Å²) >= 11 is 0. The molecule has 0 aliphatic carbocycles. The van der Waals surface area contributed by atoms with Crippen LogP contribution in [0, 0.1) is 0 Å². The quantitative estimate of drug-likeness (QED) is 0.834. The lowest BCUT2D eigenvalue weighted by atomic mass is 10.1. The first-order valence-electron chi connectivity index (χ1n) is 8.37. The highest BCUT2D eigenvalue weighted by Gasteiger charge is 2.31. The summed E-state index contributed by atoms with van der Waals surface area (Å²) in [7, 11) is -3.48. The fourth-order valence-electron chi connectivity index (χ4n) is 2.98. The van der Waals surface area contributed by atoms with Crippen molar-refractivity contribution in [3.05, 3.63) is 65.7 Å². The first-order valence-corrected chi connectivity index (χ1v) is 9.81.